The second-order valence-corrected chi connectivity index (χ2v) is 5.58. The molecule has 0 atom stereocenters. The average molecular weight is 277 g/mol. The van der Waals surface area contributed by atoms with Gasteiger partial charge in [-0.05, 0) is 17.7 Å². The molecule has 0 bridgehead atoms. The number of rotatable bonds is 3. The van der Waals surface area contributed by atoms with Crippen LogP contribution in [-0.2, 0) is 6.54 Å². The summed E-state index contributed by atoms with van der Waals surface area (Å²) in [4.78, 5) is 9.01. The van der Waals surface area contributed by atoms with Crippen LogP contribution < -0.4 is 4.90 Å². The molecule has 2 aromatic rings. The number of hydrogen-bond donors (Lipinski definition) is 0. The Balaban J connectivity index is 1.56. The van der Waals surface area contributed by atoms with E-state index in [1.165, 1.54) is 6.07 Å². The van der Waals surface area contributed by atoms with Crippen LogP contribution in [0.15, 0.2) is 35.8 Å². The molecule has 1 saturated heterocycles. The number of anilines is 1. The Morgan fingerprint density at radius 1 is 1.21 bits per heavy atom. The first-order chi connectivity index (χ1) is 9.31. The number of piperazine rings is 1. The molecule has 19 heavy (non-hydrogen) atoms. The van der Waals surface area contributed by atoms with Crippen LogP contribution in [0.2, 0.25) is 0 Å². The highest BCUT2D eigenvalue weighted by atomic mass is 32.1. The highest BCUT2D eigenvalue weighted by molar-refractivity contribution is 7.13. The Morgan fingerprint density at radius 3 is 2.74 bits per heavy atom. The zero-order valence-electron chi connectivity index (χ0n) is 10.6. The Morgan fingerprint density at radius 2 is 2.05 bits per heavy atom. The zero-order chi connectivity index (χ0) is 13.1. The van der Waals surface area contributed by atoms with E-state index in [9.17, 15) is 4.39 Å². The van der Waals surface area contributed by atoms with Gasteiger partial charge < -0.3 is 4.90 Å². The third-order valence-electron chi connectivity index (χ3n) is 3.36. The SMILES string of the molecule is Fc1cccc(CN2CCN(c3nccs3)CC2)c1. The maximum atomic E-state index is 13.1. The van der Waals surface area contributed by atoms with Crippen molar-refractivity contribution in [1.29, 1.82) is 0 Å². The molecule has 0 amide bonds. The molecule has 0 unspecified atom stereocenters. The van der Waals surface area contributed by atoms with Gasteiger partial charge in [-0.3, -0.25) is 4.90 Å². The van der Waals surface area contributed by atoms with Crippen molar-refractivity contribution in [2.24, 2.45) is 0 Å². The van der Waals surface area contributed by atoms with Crippen molar-refractivity contribution < 1.29 is 4.39 Å². The van der Waals surface area contributed by atoms with E-state index in [1.54, 1.807) is 23.5 Å². The molecule has 0 N–H and O–H groups in total. The van der Waals surface area contributed by atoms with E-state index >= 15 is 0 Å². The first-order valence-electron chi connectivity index (χ1n) is 6.42. The zero-order valence-corrected chi connectivity index (χ0v) is 11.4. The van der Waals surface area contributed by atoms with Gasteiger partial charge in [-0.2, -0.15) is 0 Å². The molecular weight excluding hydrogens is 261 g/mol. The predicted octanol–water partition coefficient (Wildman–Crippen LogP) is 2.60. The Hall–Kier alpha value is -1.46. The molecular formula is C14H16FN3S. The largest absolute Gasteiger partial charge is 0.346 e. The summed E-state index contributed by atoms with van der Waals surface area (Å²) < 4.78 is 13.1. The maximum Gasteiger partial charge on any atom is 0.185 e. The molecule has 5 heteroatoms. The lowest BCUT2D eigenvalue weighted by atomic mass is 10.2. The smallest absolute Gasteiger partial charge is 0.185 e. The molecule has 1 aromatic carbocycles. The van der Waals surface area contributed by atoms with Crippen molar-refractivity contribution in [2.75, 3.05) is 31.1 Å². The van der Waals surface area contributed by atoms with Gasteiger partial charge in [-0.25, -0.2) is 9.37 Å². The van der Waals surface area contributed by atoms with Gasteiger partial charge >= 0.3 is 0 Å². The van der Waals surface area contributed by atoms with Crippen LogP contribution in [0.3, 0.4) is 0 Å². The van der Waals surface area contributed by atoms with Crippen molar-refractivity contribution in [1.82, 2.24) is 9.88 Å². The molecule has 0 radical (unpaired) electrons. The van der Waals surface area contributed by atoms with E-state index in [4.69, 9.17) is 0 Å². The molecule has 1 aliphatic heterocycles. The molecule has 100 valence electrons. The van der Waals surface area contributed by atoms with Gasteiger partial charge in [-0.15, -0.1) is 11.3 Å². The minimum absolute atomic E-state index is 0.154. The number of thiazole rings is 1. The van der Waals surface area contributed by atoms with Crippen molar-refractivity contribution >= 4 is 16.5 Å². The molecule has 0 saturated carbocycles. The fraction of sp³-hybridized carbons (Fsp3) is 0.357. The van der Waals surface area contributed by atoms with E-state index in [2.05, 4.69) is 14.8 Å². The van der Waals surface area contributed by atoms with Crippen LogP contribution in [0, 0.1) is 5.82 Å². The minimum atomic E-state index is -0.154. The molecule has 1 fully saturated rings. The number of benzene rings is 1. The molecule has 3 nitrogen and oxygen atoms in total. The second-order valence-electron chi connectivity index (χ2n) is 4.71. The number of aromatic nitrogens is 1. The number of halogens is 1. The van der Waals surface area contributed by atoms with Gasteiger partial charge in [0.15, 0.2) is 5.13 Å². The van der Waals surface area contributed by atoms with Crippen LogP contribution in [-0.4, -0.2) is 36.1 Å². The highest BCUT2D eigenvalue weighted by Gasteiger charge is 2.18. The van der Waals surface area contributed by atoms with E-state index in [-0.39, 0.29) is 5.82 Å². The first-order valence-corrected chi connectivity index (χ1v) is 7.30. The summed E-state index contributed by atoms with van der Waals surface area (Å²) in [5.74, 6) is -0.154. The summed E-state index contributed by atoms with van der Waals surface area (Å²) in [6.45, 7) is 4.79. The van der Waals surface area contributed by atoms with E-state index in [0.29, 0.717) is 0 Å². The monoisotopic (exact) mass is 277 g/mol. The lowest BCUT2D eigenvalue weighted by Gasteiger charge is -2.34. The average Bonchev–Trinajstić information content (AvgIpc) is 2.94. The van der Waals surface area contributed by atoms with Gasteiger partial charge in [-0.1, -0.05) is 12.1 Å². The summed E-state index contributed by atoms with van der Waals surface area (Å²) in [5, 5.41) is 3.11. The van der Waals surface area contributed by atoms with Crippen LogP contribution in [0.5, 0.6) is 0 Å². The molecule has 0 aliphatic carbocycles. The quantitative estimate of drug-likeness (QED) is 0.859. The summed E-state index contributed by atoms with van der Waals surface area (Å²) >= 11 is 1.68. The summed E-state index contributed by atoms with van der Waals surface area (Å²) in [5.41, 5.74) is 1.04. The van der Waals surface area contributed by atoms with Gasteiger partial charge in [0, 0.05) is 44.3 Å². The summed E-state index contributed by atoms with van der Waals surface area (Å²) in [6, 6.07) is 6.86. The van der Waals surface area contributed by atoms with Crippen LogP contribution in [0.25, 0.3) is 0 Å². The molecule has 1 aliphatic rings. The third-order valence-corrected chi connectivity index (χ3v) is 4.19. The van der Waals surface area contributed by atoms with Gasteiger partial charge in [0.1, 0.15) is 5.82 Å². The van der Waals surface area contributed by atoms with Crippen molar-refractivity contribution in [3.05, 3.63) is 47.2 Å². The van der Waals surface area contributed by atoms with Gasteiger partial charge in [0.05, 0.1) is 0 Å². The molecule has 1 aromatic heterocycles. The standard InChI is InChI=1S/C14H16FN3S/c15-13-3-1-2-12(10-13)11-17-5-7-18(8-6-17)14-16-4-9-19-14/h1-4,9-10H,5-8,11H2. The first kappa shape index (κ1) is 12.6. The fourth-order valence-corrected chi connectivity index (χ4v) is 3.06. The lowest BCUT2D eigenvalue weighted by molar-refractivity contribution is 0.249. The predicted molar refractivity (Wildman–Crippen MR) is 76.0 cm³/mol. The minimum Gasteiger partial charge on any atom is -0.346 e. The number of nitrogens with zero attached hydrogens (tertiary/aromatic N) is 3. The van der Waals surface area contributed by atoms with Crippen molar-refractivity contribution in [3.8, 4) is 0 Å². The Kier molecular flexibility index (Phi) is 3.75. The topological polar surface area (TPSA) is 19.4 Å². The Labute approximate surface area is 116 Å². The maximum absolute atomic E-state index is 13.1. The molecule has 2 heterocycles. The van der Waals surface area contributed by atoms with E-state index in [0.717, 1.165) is 43.4 Å². The van der Waals surface area contributed by atoms with Crippen molar-refractivity contribution in [3.63, 3.8) is 0 Å². The molecule has 0 spiro atoms. The normalized spacial score (nSPS) is 16.8. The highest BCUT2D eigenvalue weighted by Crippen LogP contribution is 2.19. The van der Waals surface area contributed by atoms with Gasteiger partial charge in [0.2, 0.25) is 0 Å². The summed E-state index contributed by atoms with van der Waals surface area (Å²) in [6.07, 6.45) is 1.85. The lowest BCUT2D eigenvalue weighted by Crippen LogP contribution is -2.45. The van der Waals surface area contributed by atoms with Crippen molar-refractivity contribution in [2.45, 2.75) is 6.54 Å². The second kappa shape index (κ2) is 5.67. The van der Waals surface area contributed by atoms with E-state index in [1.807, 2.05) is 17.6 Å². The third kappa shape index (κ3) is 3.11. The van der Waals surface area contributed by atoms with Gasteiger partial charge in [0.25, 0.3) is 0 Å². The van der Waals surface area contributed by atoms with Crippen LogP contribution in [0.1, 0.15) is 5.56 Å². The molecule has 3 rings (SSSR count). The Bertz CT molecular complexity index is 521. The summed E-state index contributed by atoms with van der Waals surface area (Å²) in [7, 11) is 0. The van der Waals surface area contributed by atoms with Crippen LogP contribution in [0.4, 0.5) is 9.52 Å². The fourth-order valence-electron chi connectivity index (χ4n) is 2.36. The van der Waals surface area contributed by atoms with Crippen LogP contribution >= 0.6 is 11.3 Å². The van der Waals surface area contributed by atoms with E-state index < -0.39 is 0 Å². The number of hydrogen-bond acceptors (Lipinski definition) is 4.